The number of nitrogens with zero attached hydrogens (tertiary/aromatic N) is 2. The van der Waals surface area contributed by atoms with Crippen LogP contribution in [0.5, 0.6) is 0 Å². The number of carbonyl (C=O) groups is 1. The third kappa shape index (κ3) is 2.51. The lowest BCUT2D eigenvalue weighted by atomic mass is 10.2. The second-order valence-electron chi connectivity index (χ2n) is 4.07. The van der Waals surface area contributed by atoms with Crippen LogP contribution in [0.3, 0.4) is 0 Å². The van der Waals surface area contributed by atoms with Crippen molar-refractivity contribution in [3.05, 3.63) is 47.2 Å². The average molecular weight is 245 g/mol. The van der Waals surface area contributed by atoms with E-state index < -0.39 is 0 Å². The highest BCUT2D eigenvalue weighted by atomic mass is 16.3. The number of hydrogen-bond donors (Lipinski definition) is 1. The quantitative estimate of drug-likeness (QED) is 0.664. The molecule has 0 aliphatic rings. The molecule has 2 aromatic rings. The minimum absolute atomic E-state index is 0.269. The summed E-state index contributed by atoms with van der Waals surface area (Å²) in [6, 6.07) is 5.51. The van der Waals surface area contributed by atoms with Gasteiger partial charge in [0.05, 0.1) is 17.5 Å². The van der Waals surface area contributed by atoms with Crippen molar-refractivity contribution in [2.24, 2.45) is 12.1 Å². The highest BCUT2D eigenvalue weighted by molar-refractivity contribution is 5.95. The molecule has 0 saturated carbocycles. The molecule has 2 heterocycles. The van der Waals surface area contributed by atoms with Gasteiger partial charge in [0, 0.05) is 13.2 Å². The summed E-state index contributed by atoms with van der Waals surface area (Å²) in [7, 11) is 1.91. The van der Waals surface area contributed by atoms with Gasteiger partial charge in [-0.15, -0.1) is 0 Å². The maximum atomic E-state index is 11.8. The molecule has 18 heavy (non-hydrogen) atoms. The van der Waals surface area contributed by atoms with Gasteiger partial charge in [-0.1, -0.05) is 0 Å². The normalized spacial score (nSPS) is 11.1. The van der Waals surface area contributed by atoms with Crippen LogP contribution in [0.4, 0.5) is 0 Å². The Morgan fingerprint density at radius 1 is 1.50 bits per heavy atom. The highest BCUT2D eigenvalue weighted by Crippen LogP contribution is 2.13. The Bertz CT molecular complexity index is 593. The number of furan rings is 1. The molecule has 2 aromatic heterocycles. The van der Waals surface area contributed by atoms with Gasteiger partial charge < -0.3 is 8.98 Å². The summed E-state index contributed by atoms with van der Waals surface area (Å²) in [6.07, 6.45) is 3.51. The SMILES string of the molecule is Cc1cc(C(=O)NN=Cc2cccn2C)c(C)o1. The molecule has 0 spiro atoms. The summed E-state index contributed by atoms with van der Waals surface area (Å²) < 4.78 is 7.20. The van der Waals surface area contributed by atoms with Crippen LogP contribution in [0, 0.1) is 13.8 Å². The summed E-state index contributed by atoms with van der Waals surface area (Å²) >= 11 is 0. The minimum Gasteiger partial charge on any atom is -0.466 e. The largest absolute Gasteiger partial charge is 0.466 e. The first-order valence-electron chi connectivity index (χ1n) is 5.59. The van der Waals surface area contributed by atoms with E-state index in [1.54, 1.807) is 26.1 Å². The molecule has 0 aromatic carbocycles. The molecule has 0 atom stereocenters. The number of nitrogens with one attached hydrogen (secondary N) is 1. The van der Waals surface area contributed by atoms with E-state index in [4.69, 9.17) is 4.42 Å². The Labute approximate surface area is 105 Å². The molecule has 94 valence electrons. The zero-order chi connectivity index (χ0) is 13.1. The zero-order valence-electron chi connectivity index (χ0n) is 10.6. The van der Waals surface area contributed by atoms with E-state index in [2.05, 4.69) is 10.5 Å². The van der Waals surface area contributed by atoms with Crippen molar-refractivity contribution in [2.75, 3.05) is 0 Å². The first kappa shape index (κ1) is 12.2. The zero-order valence-corrected chi connectivity index (χ0v) is 10.6. The molecule has 2 rings (SSSR count). The lowest BCUT2D eigenvalue weighted by Gasteiger charge is -1.98. The number of aryl methyl sites for hydroxylation is 3. The number of amides is 1. The molecule has 0 aliphatic heterocycles. The molecular weight excluding hydrogens is 230 g/mol. The van der Waals surface area contributed by atoms with E-state index >= 15 is 0 Å². The van der Waals surface area contributed by atoms with Crippen LogP contribution in [-0.4, -0.2) is 16.7 Å². The maximum Gasteiger partial charge on any atom is 0.274 e. The molecule has 1 N–H and O–H groups in total. The monoisotopic (exact) mass is 245 g/mol. The minimum atomic E-state index is -0.269. The topological polar surface area (TPSA) is 59.5 Å². The van der Waals surface area contributed by atoms with Gasteiger partial charge in [-0.05, 0) is 32.0 Å². The summed E-state index contributed by atoms with van der Waals surface area (Å²) in [5.74, 6) is 1.04. The van der Waals surface area contributed by atoms with Crippen LogP contribution in [0.1, 0.15) is 27.6 Å². The summed E-state index contributed by atoms with van der Waals surface area (Å²) in [5.41, 5.74) is 3.90. The van der Waals surface area contributed by atoms with E-state index in [0.29, 0.717) is 17.1 Å². The molecule has 0 saturated heterocycles. The molecule has 0 aliphatic carbocycles. The van der Waals surface area contributed by atoms with Crippen LogP contribution >= 0.6 is 0 Å². The van der Waals surface area contributed by atoms with Crippen molar-refractivity contribution in [2.45, 2.75) is 13.8 Å². The van der Waals surface area contributed by atoms with Gasteiger partial charge in [-0.3, -0.25) is 4.79 Å². The Kier molecular flexibility index (Phi) is 3.32. The number of aromatic nitrogens is 1. The third-order valence-corrected chi connectivity index (χ3v) is 2.63. The fraction of sp³-hybridized carbons (Fsp3) is 0.231. The van der Waals surface area contributed by atoms with E-state index in [-0.39, 0.29) is 5.91 Å². The molecule has 5 nitrogen and oxygen atoms in total. The Morgan fingerprint density at radius 3 is 2.83 bits per heavy atom. The predicted octanol–water partition coefficient (Wildman–Crippen LogP) is 2.00. The van der Waals surface area contributed by atoms with Gasteiger partial charge in [0.2, 0.25) is 0 Å². The van der Waals surface area contributed by atoms with Crippen LogP contribution < -0.4 is 5.43 Å². The van der Waals surface area contributed by atoms with Crippen molar-refractivity contribution in [3.63, 3.8) is 0 Å². The number of hydrogen-bond acceptors (Lipinski definition) is 3. The number of carbonyl (C=O) groups excluding carboxylic acids is 1. The maximum absolute atomic E-state index is 11.8. The van der Waals surface area contributed by atoms with E-state index in [9.17, 15) is 4.79 Å². The van der Waals surface area contributed by atoms with E-state index in [1.807, 2.05) is 29.9 Å². The molecule has 0 unspecified atom stereocenters. The van der Waals surface area contributed by atoms with Gasteiger partial charge in [0.1, 0.15) is 11.5 Å². The second-order valence-corrected chi connectivity index (χ2v) is 4.07. The molecule has 0 radical (unpaired) electrons. The van der Waals surface area contributed by atoms with Crippen molar-refractivity contribution < 1.29 is 9.21 Å². The van der Waals surface area contributed by atoms with Crippen LogP contribution in [0.2, 0.25) is 0 Å². The van der Waals surface area contributed by atoms with Crippen LogP contribution in [0.25, 0.3) is 0 Å². The fourth-order valence-electron chi connectivity index (χ4n) is 1.68. The van der Waals surface area contributed by atoms with Gasteiger partial charge in [0.15, 0.2) is 0 Å². The first-order valence-corrected chi connectivity index (χ1v) is 5.59. The molecule has 0 fully saturated rings. The highest BCUT2D eigenvalue weighted by Gasteiger charge is 2.12. The van der Waals surface area contributed by atoms with Crippen molar-refractivity contribution in [1.29, 1.82) is 0 Å². The lowest BCUT2D eigenvalue weighted by molar-refractivity contribution is 0.0953. The lowest BCUT2D eigenvalue weighted by Crippen LogP contribution is -2.18. The van der Waals surface area contributed by atoms with E-state index in [0.717, 1.165) is 5.69 Å². The summed E-state index contributed by atoms with van der Waals surface area (Å²) in [6.45, 7) is 3.56. The predicted molar refractivity (Wildman–Crippen MR) is 68.7 cm³/mol. The van der Waals surface area contributed by atoms with Gasteiger partial charge in [0.25, 0.3) is 5.91 Å². The molecule has 0 bridgehead atoms. The Morgan fingerprint density at radius 2 is 2.28 bits per heavy atom. The van der Waals surface area contributed by atoms with Gasteiger partial charge in [-0.25, -0.2) is 5.43 Å². The number of rotatable bonds is 3. The second kappa shape index (κ2) is 4.91. The fourth-order valence-corrected chi connectivity index (χ4v) is 1.68. The van der Waals surface area contributed by atoms with Crippen molar-refractivity contribution in [3.8, 4) is 0 Å². The Balaban J connectivity index is 2.03. The summed E-state index contributed by atoms with van der Waals surface area (Å²) in [4.78, 5) is 11.8. The Hall–Kier alpha value is -2.30. The van der Waals surface area contributed by atoms with Gasteiger partial charge in [-0.2, -0.15) is 5.10 Å². The van der Waals surface area contributed by atoms with Crippen molar-refractivity contribution in [1.82, 2.24) is 9.99 Å². The van der Waals surface area contributed by atoms with E-state index in [1.165, 1.54) is 0 Å². The first-order chi connectivity index (χ1) is 8.58. The van der Waals surface area contributed by atoms with Gasteiger partial charge >= 0.3 is 0 Å². The third-order valence-electron chi connectivity index (χ3n) is 2.63. The number of hydrazone groups is 1. The summed E-state index contributed by atoms with van der Waals surface area (Å²) in [5, 5.41) is 3.91. The standard InChI is InChI=1S/C13H15N3O2/c1-9-7-12(10(2)18-9)13(17)15-14-8-11-5-4-6-16(11)3/h4-8H,1-3H3,(H,15,17). The average Bonchev–Trinajstić information content (AvgIpc) is 2.85. The smallest absolute Gasteiger partial charge is 0.274 e. The molecule has 1 amide bonds. The van der Waals surface area contributed by atoms with Crippen molar-refractivity contribution >= 4 is 12.1 Å². The van der Waals surface area contributed by atoms with Crippen LogP contribution in [0.15, 0.2) is 33.9 Å². The molecule has 5 heteroatoms. The molecular formula is C13H15N3O2. The van der Waals surface area contributed by atoms with Crippen LogP contribution in [-0.2, 0) is 7.05 Å².